The van der Waals surface area contributed by atoms with E-state index in [-0.39, 0.29) is 6.10 Å². The first-order valence-corrected chi connectivity index (χ1v) is 6.68. The van der Waals surface area contributed by atoms with E-state index in [9.17, 15) is 0 Å². The monoisotopic (exact) mass is 256 g/mol. The Balaban J connectivity index is 1.63. The molecule has 2 aromatic rings. The third-order valence-corrected chi connectivity index (χ3v) is 2.86. The molecule has 19 heavy (non-hydrogen) atoms. The van der Waals surface area contributed by atoms with Gasteiger partial charge in [0.1, 0.15) is 12.4 Å². The molecule has 0 aliphatic rings. The molecule has 0 saturated heterocycles. The first kappa shape index (κ1) is 13.6. The van der Waals surface area contributed by atoms with Crippen LogP contribution in [-0.2, 0) is 11.2 Å². The average molecular weight is 256 g/mol. The molecule has 0 aromatic heterocycles. The van der Waals surface area contributed by atoms with Gasteiger partial charge in [0.25, 0.3) is 0 Å². The van der Waals surface area contributed by atoms with Gasteiger partial charge in [-0.2, -0.15) is 0 Å². The van der Waals surface area contributed by atoms with Crippen LogP contribution in [0.25, 0.3) is 0 Å². The van der Waals surface area contributed by atoms with Crippen molar-refractivity contribution in [2.45, 2.75) is 19.4 Å². The molecule has 2 aromatic carbocycles. The minimum absolute atomic E-state index is 0.210. The van der Waals surface area contributed by atoms with Crippen LogP contribution >= 0.6 is 0 Å². The Labute approximate surface area is 115 Å². The zero-order chi connectivity index (χ0) is 13.3. The normalized spacial score (nSPS) is 12.1. The highest BCUT2D eigenvalue weighted by Crippen LogP contribution is 2.08. The van der Waals surface area contributed by atoms with Crippen molar-refractivity contribution in [2.24, 2.45) is 0 Å². The molecule has 1 unspecified atom stereocenters. The summed E-state index contributed by atoms with van der Waals surface area (Å²) >= 11 is 0. The first-order valence-electron chi connectivity index (χ1n) is 6.68. The third kappa shape index (κ3) is 5.14. The van der Waals surface area contributed by atoms with E-state index in [1.165, 1.54) is 5.56 Å². The fourth-order valence-corrected chi connectivity index (χ4v) is 1.93. The van der Waals surface area contributed by atoms with Gasteiger partial charge in [0.15, 0.2) is 0 Å². The Morgan fingerprint density at radius 3 is 2.16 bits per heavy atom. The lowest BCUT2D eigenvalue weighted by molar-refractivity contribution is 0.0449. The molecule has 0 saturated carbocycles. The summed E-state index contributed by atoms with van der Waals surface area (Å²) in [7, 11) is 0. The Morgan fingerprint density at radius 1 is 0.842 bits per heavy atom. The van der Waals surface area contributed by atoms with Crippen molar-refractivity contribution in [2.75, 3.05) is 13.2 Å². The predicted molar refractivity (Wildman–Crippen MR) is 77.5 cm³/mol. The van der Waals surface area contributed by atoms with Crippen molar-refractivity contribution in [3.8, 4) is 5.75 Å². The standard InChI is InChI=1S/C17H20O2/c1-15(14-16-8-4-2-5-9-16)18-12-13-19-17-10-6-3-7-11-17/h2-11,15H,12-14H2,1H3. The van der Waals surface area contributed by atoms with Gasteiger partial charge in [-0.15, -0.1) is 0 Å². The SMILES string of the molecule is CC(Cc1ccccc1)OCCOc1ccccc1. The van der Waals surface area contributed by atoms with Crippen molar-refractivity contribution in [3.05, 3.63) is 66.2 Å². The summed E-state index contributed by atoms with van der Waals surface area (Å²) in [5.74, 6) is 0.891. The predicted octanol–water partition coefficient (Wildman–Crippen LogP) is 3.71. The number of rotatable bonds is 7. The second kappa shape index (κ2) is 7.59. The third-order valence-electron chi connectivity index (χ3n) is 2.86. The number of hydrogen-bond acceptors (Lipinski definition) is 2. The Kier molecular flexibility index (Phi) is 5.45. The maximum atomic E-state index is 5.74. The van der Waals surface area contributed by atoms with Crippen molar-refractivity contribution >= 4 is 0 Å². The lowest BCUT2D eigenvalue weighted by Gasteiger charge is -2.13. The summed E-state index contributed by atoms with van der Waals surface area (Å²) in [5.41, 5.74) is 1.30. The van der Waals surface area contributed by atoms with Crippen LogP contribution < -0.4 is 4.74 Å². The molecule has 2 nitrogen and oxygen atoms in total. The number of ether oxygens (including phenoxy) is 2. The van der Waals surface area contributed by atoms with E-state index in [0.29, 0.717) is 13.2 Å². The van der Waals surface area contributed by atoms with Crippen molar-refractivity contribution in [1.29, 1.82) is 0 Å². The molecule has 0 spiro atoms. The molecular weight excluding hydrogens is 236 g/mol. The van der Waals surface area contributed by atoms with Crippen LogP contribution in [0.3, 0.4) is 0 Å². The molecule has 0 fully saturated rings. The maximum absolute atomic E-state index is 5.74. The molecule has 0 radical (unpaired) electrons. The van der Waals surface area contributed by atoms with Gasteiger partial charge in [-0.05, 0) is 31.0 Å². The molecule has 0 N–H and O–H groups in total. The lowest BCUT2D eigenvalue weighted by atomic mass is 10.1. The highest BCUT2D eigenvalue weighted by molar-refractivity contribution is 5.20. The van der Waals surface area contributed by atoms with Crippen molar-refractivity contribution in [3.63, 3.8) is 0 Å². The minimum atomic E-state index is 0.210. The second-order valence-corrected chi connectivity index (χ2v) is 4.53. The molecule has 0 aliphatic carbocycles. The molecule has 2 heteroatoms. The van der Waals surface area contributed by atoms with Crippen molar-refractivity contribution < 1.29 is 9.47 Å². The first-order chi connectivity index (χ1) is 9.34. The Morgan fingerprint density at radius 2 is 1.47 bits per heavy atom. The van der Waals surface area contributed by atoms with Gasteiger partial charge in [-0.1, -0.05) is 48.5 Å². The highest BCUT2D eigenvalue weighted by Gasteiger charge is 2.03. The zero-order valence-electron chi connectivity index (χ0n) is 11.3. The fourth-order valence-electron chi connectivity index (χ4n) is 1.93. The summed E-state index contributed by atoms with van der Waals surface area (Å²) in [6.45, 7) is 3.29. The van der Waals surface area contributed by atoms with Gasteiger partial charge in [0.05, 0.1) is 12.7 Å². The van der Waals surface area contributed by atoms with Crippen LogP contribution in [-0.4, -0.2) is 19.3 Å². The van der Waals surface area contributed by atoms with Crippen LogP contribution in [0, 0.1) is 0 Å². The van der Waals surface area contributed by atoms with Crippen LogP contribution in [0.2, 0.25) is 0 Å². The van der Waals surface area contributed by atoms with Gasteiger partial charge in [0, 0.05) is 0 Å². The van der Waals surface area contributed by atoms with E-state index >= 15 is 0 Å². The number of hydrogen-bond donors (Lipinski definition) is 0. The minimum Gasteiger partial charge on any atom is -0.491 e. The van der Waals surface area contributed by atoms with Crippen LogP contribution in [0.15, 0.2) is 60.7 Å². The lowest BCUT2D eigenvalue weighted by Crippen LogP contribution is -2.16. The fraction of sp³-hybridized carbons (Fsp3) is 0.294. The van der Waals surface area contributed by atoms with E-state index in [0.717, 1.165) is 12.2 Å². The van der Waals surface area contributed by atoms with E-state index < -0.39 is 0 Å². The van der Waals surface area contributed by atoms with Gasteiger partial charge in [0.2, 0.25) is 0 Å². The van der Waals surface area contributed by atoms with Gasteiger partial charge in [-0.25, -0.2) is 0 Å². The number of benzene rings is 2. The molecule has 100 valence electrons. The molecule has 0 heterocycles. The van der Waals surface area contributed by atoms with E-state index in [4.69, 9.17) is 9.47 Å². The molecule has 0 aliphatic heterocycles. The van der Waals surface area contributed by atoms with Crippen LogP contribution in [0.5, 0.6) is 5.75 Å². The van der Waals surface area contributed by atoms with Gasteiger partial charge in [-0.3, -0.25) is 0 Å². The van der Waals surface area contributed by atoms with Crippen LogP contribution in [0.4, 0.5) is 0 Å². The maximum Gasteiger partial charge on any atom is 0.119 e. The summed E-state index contributed by atoms with van der Waals surface area (Å²) < 4.78 is 11.3. The van der Waals surface area contributed by atoms with E-state index in [2.05, 4.69) is 31.2 Å². The smallest absolute Gasteiger partial charge is 0.119 e. The van der Waals surface area contributed by atoms with Crippen molar-refractivity contribution in [1.82, 2.24) is 0 Å². The highest BCUT2D eigenvalue weighted by atomic mass is 16.5. The van der Waals surface area contributed by atoms with Gasteiger partial charge < -0.3 is 9.47 Å². The molecular formula is C17H20O2. The van der Waals surface area contributed by atoms with Gasteiger partial charge >= 0.3 is 0 Å². The summed E-state index contributed by atoms with van der Waals surface area (Å²) in [6, 6.07) is 20.2. The molecule has 1 atom stereocenters. The summed E-state index contributed by atoms with van der Waals surface area (Å²) in [5, 5.41) is 0. The second-order valence-electron chi connectivity index (χ2n) is 4.53. The van der Waals surface area contributed by atoms with Crippen LogP contribution in [0.1, 0.15) is 12.5 Å². The Bertz CT molecular complexity index is 453. The largest absolute Gasteiger partial charge is 0.491 e. The van der Waals surface area contributed by atoms with E-state index in [1.807, 2.05) is 36.4 Å². The zero-order valence-corrected chi connectivity index (χ0v) is 11.3. The summed E-state index contributed by atoms with van der Waals surface area (Å²) in [4.78, 5) is 0. The average Bonchev–Trinajstić information content (AvgIpc) is 2.46. The molecule has 0 bridgehead atoms. The number of para-hydroxylation sites is 1. The quantitative estimate of drug-likeness (QED) is 0.703. The topological polar surface area (TPSA) is 18.5 Å². The summed E-state index contributed by atoms with van der Waals surface area (Å²) in [6.07, 6.45) is 1.15. The Hall–Kier alpha value is -1.80. The molecule has 0 amide bonds. The van der Waals surface area contributed by atoms with E-state index in [1.54, 1.807) is 0 Å². The molecule has 2 rings (SSSR count).